The van der Waals surface area contributed by atoms with Gasteiger partial charge in [-0.25, -0.2) is 8.42 Å². The Labute approximate surface area is 173 Å². The maximum Gasteiger partial charge on any atom is 0.303 e. The van der Waals surface area contributed by atoms with Crippen LogP contribution in [0.25, 0.3) is 0 Å². The Morgan fingerprint density at radius 1 is 1.11 bits per heavy atom. The van der Waals surface area contributed by atoms with E-state index in [1.54, 1.807) is 24.3 Å². The number of hydrogen-bond donors (Lipinski definition) is 0. The summed E-state index contributed by atoms with van der Waals surface area (Å²) in [4.78, 5) is 11.9. The zero-order valence-electron chi connectivity index (χ0n) is 15.7. The van der Waals surface area contributed by atoms with Gasteiger partial charge in [-0.1, -0.05) is 51.8 Å². The van der Waals surface area contributed by atoms with Crippen LogP contribution in [0.2, 0.25) is 0 Å². The highest BCUT2D eigenvalue weighted by molar-refractivity contribution is 9.09. The van der Waals surface area contributed by atoms with Gasteiger partial charge in [-0.3, -0.25) is 9.10 Å². The van der Waals surface area contributed by atoms with Crippen molar-refractivity contribution in [2.75, 3.05) is 4.31 Å². The number of rotatable bonds is 3. The first-order valence-electron chi connectivity index (χ1n) is 9.32. The summed E-state index contributed by atoms with van der Waals surface area (Å²) in [6, 6.07) is 14.0. The average molecular weight is 464 g/mol. The van der Waals surface area contributed by atoms with Gasteiger partial charge in [-0.15, -0.1) is 0 Å². The number of benzene rings is 2. The summed E-state index contributed by atoms with van der Waals surface area (Å²) in [5.74, 6) is -0.409. The fourth-order valence-electron chi connectivity index (χ4n) is 4.36. The average Bonchev–Trinajstić information content (AvgIpc) is 2.99. The molecule has 5 nitrogen and oxygen atoms in total. The van der Waals surface area contributed by atoms with E-state index in [1.165, 1.54) is 11.2 Å². The van der Waals surface area contributed by atoms with E-state index in [-0.39, 0.29) is 15.6 Å². The molecule has 2 aromatic rings. The van der Waals surface area contributed by atoms with Crippen molar-refractivity contribution in [2.45, 2.75) is 54.5 Å². The smallest absolute Gasteiger partial charge is 0.303 e. The lowest BCUT2D eigenvalue weighted by Crippen LogP contribution is -2.53. The zero-order chi connectivity index (χ0) is 20.1. The highest BCUT2D eigenvalue weighted by Gasteiger charge is 2.53. The molecule has 4 atom stereocenters. The third-order valence-corrected chi connectivity index (χ3v) is 8.39. The number of carbonyl (C=O) groups is 1. The van der Waals surface area contributed by atoms with E-state index in [0.717, 1.165) is 24.0 Å². The lowest BCUT2D eigenvalue weighted by Gasteiger charge is -2.40. The maximum absolute atomic E-state index is 13.7. The van der Waals surface area contributed by atoms with Crippen molar-refractivity contribution >= 4 is 37.6 Å². The second kappa shape index (κ2) is 7.19. The van der Waals surface area contributed by atoms with E-state index in [1.807, 2.05) is 31.2 Å². The second-order valence-electron chi connectivity index (χ2n) is 7.44. The number of fused-ring (bicyclic) bond motifs is 3. The topological polar surface area (TPSA) is 63.7 Å². The molecule has 28 heavy (non-hydrogen) atoms. The number of aryl methyl sites for hydroxylation is 1. The third kappa shape index (κ3) is 3.14. The summed E-state index contributed by atoms with van der Waals surface area (Å²) < 4.78 is 34.5. The van der Waals surface area contributed by atoms with Crippen LogP contribution in [0.3, 0.4) is 0 Å². The van der Waals surface area contributed by atoms with Gasteiger partial charge < -0.3 is 4.74 Å². The Hall–Kier alpha value is -1.86. The van der Waals surface area contributed by atoms with Crippen LogP contribution in [0.15, 0.2) is 53.4 Å². The molecule has 0 bridgehead atoms. The molecule has 1 aliphatic heterocycles. The van der Waals surface area contributed by atoms with Crippen molar-refractivity contribution in [3.63, 3.8) is 0 Å². The highest BCUT2D eigenvalue weighted by Crippen LogP contribution is 2.51. The first-order chi connectivity index (χ1) is 13.3. The van der Waals surface area contributed by atoms with E-state index in [9.17, 15) is 13.2 Å². The summed E-state index contributed by atoms with van der Waals surface area (Å²) in [6.07, 6.45) is 1.09. The number of esters is 1. The van der Waals surface area contributed by atoms with Gasteiger partial charge in [0.25, 0.3) is 10.0 Å². The van der Waals surface area contributed by atoms with E-state index < -0.39 is 28.1 Å². The number of halogens is 1. The van der Waals surface area contributed by atoms with Gasteiger partial charge in [0, 0.05) is 12.8 Å². The number of hydrogen-bond acceptors (Lipinski definition) is 4. The van der Waals surface area contributed by atoms with Crippen molar-refractivity contribution in [1.82, 2.24) is 0 Å². The van der Waals surface area contributed by atoms with Gasteiger partial charge in [-0.2, -0.15) is 0 Å². The number of para-hydroxylation sites is 1. The quantitative estimate of drug-likeness (QED) is 0.506. The summed E-state index contributed by atoms with van der Waals surface area (Å²) in [5.41, 5.74) is 2.67. The molecule has 1 heterocycles. The molecule has 0 aromatic heterocycles. The highest BCUT2D eigenvalue weighted by atomic mass is 79.9. The summed E-state index contributed by atoms with van der Waals surface area (Å²) in [6.45, 7) is 3.29. The maximum atomic E-state index is 13.7. The van der Waals surface area contributed by atoms with Crippen LogP contribution in [-0.4, -0.2) is 31.4 Å². The molecule has 0 spiro atoms. The minimum absolute atomic E-state index is 0.00502. The fraction of sp³-hybridized carbons (Fsp3) is 0.381. The molecule has 1 aliphatic carbocycles. The molecule has 4 unspecified atom stereocenters. The van der Waals surface area contributed by atoms with Crippen molar-refractivity contribution in [3.8, 4) is 0 Å². The molecule has 1 saturated carbocycles. The first-order valence-corrected chi connectivity index (χ1v) is 11.7. The number of carbonyl (C=O) groups excluding carboxylic acids is 1. The lowest BCUT2D eigenvalue weighted by atomic mass is 9.81. The third-order valence-electron chi connectivity index (χ3n) is 5.58. The predicted octanol–water partition coefficient (Wildman–Crippen LogP) is 4.15. The molecule has 2 aromatic carbocycles. The normalized spacial score (nSPS) is 26.5. The minimum atomic E-state index is -3.81. The van der Waals surface area contributed by atoms with Crippen LogP contribution in [0.4, 0.5) is 5.69 Å². The number of anilines is 1. The van der Waals surface area contributed by atoms with Crippen molar-refractivity contribution in [3.05, 3.63) is 59.7 Å². The van der Waals surface area contributed by atoms with Crippen LogP contribution in [0, 0.1) is 6.92 Å². The molecule has 148 valence electrons. The van der Waals surface area contributed by atoms with Gasteiger partial charge in [0.05, 0.1) is 21.5 Å². The molecule has 2 aliphatic rings. The summed E-state index contributed by atoms with van der Waals surface area (Å²) in [5, 5.41) is 0. The van der Waals surface area contributed by atoms with Crippen molar-refractivity contribution < 1.29 is 17.9 Å². The molecule has 0 radical (unpaired) electrons. The number of alkyl halides is 1. The molecule has 1 fully saturated rings. The van der Waals surface area contributed by atoms with Crippen molar-refractivity contribution in [1.29, 1.82) is 0 Å². The van der Waals surface area contributed by atoms with Crippen LogP contribution in [-0.2, 0) is 19.6 Å². The molecule has 0 saturated heterocycles. The number of nitrogens with zero attached hydrogens (tertiary/aromatic N) is 1. The monoisotopic (exact) mass is 463 g/mol. The number of ether oxygens (including phenoxy) is 1. The fourth-order valence-corrected chi connectivity index (χ4v) is 6.77. The SMILES string of the molecule is CC(=O)OC1C(Br)CCC2c3ccccc3N(S(=O)(=O)c3ccc(C)cc3)C21. The van der Waals surface area contributed by atoms with E-state index in [2.05, 4.69) is 15.9 Å². The molecule has 4 rings (SSSR count). The van der Waals surface area contributed by atoms with Crippen molar-refractivity contribution in [2.24, 2.45) is 0 Å². The Kier molecular flexibility index (Phi) is 5.00. The van der Waals surface area contributed by atoms with Crippen LogP contribution < -0.4 is 4.31 Å². The van der Waals surface area contributed by atoms with E-state index in [0.29, 0.717) is 5.69 Å². The Bertz CT molecular complexity index is 1010. The van der Waals surface area contributed by atoms with E-state index >= 15 is 0 Å². The predicted molar refractivity (Wildman–Crippen MR) is 111 cm³/mol. The molecule has 7 heteroatoms. The van der Waals surface area contributed by atoms with Crippen LogP contribution in [0.1, 0.15) is 36.8 Å². The van der Waals surface area contributed by atoms with Crippen LogP contribution in [0.5, 0.6) is 0 Å². The standard InChI is InChI=1S/C21H22BrNO4S/c1-13-7-9-15(10-8-13)28(25,26)23-19-6-4-3-5-16(19)17-11-12-18(22)21(20(17)23)27-14(2)24/h3-10,17-18,20-21H,11-12H2,1-2H3. The minimum Gasteiger partial charge on any atom is -0.459 e. The first kappa shape index (κ1) is 19.5. The second-order valence-corrected chi connectivity index (χ2v) is 10.4. The summed E-state index contributed by atoms with van der Waals surface area (Å²) in [7, 11) is -3.81. The largest absolute Gasteiger partial charge is 0.459 e. The van der Waals surface area contributed by atoms with Gasteiger partial charge in [0.2, 0.25) is 0 Å². The lowest BCUT2D eigenvalue weighted by molar-refractivity contribution is -0.148. The van der Waals surface area contributed by atoms with Crippen LogP contribution >= 0.6 is 15.9 Å². The Balaban J connectivity index is 1.87. The zero-order valence-corrected chi connectivity index (χ0v) is 18.1. The molecule has 0 N–H and O–H groups in total. The number of sulfonamides is 1. The van der Waals surface area contributed by atoms with Gasteiger partial charge in [0.1, 0.15) is 6.10 Å². The molecular formula is C21H22BrNO4S. The molecule has 0 amide bonds. The van der Waals surface area contributed by atoms with E-state index in [4.69, 9.17) is 4.74 Å². The molecular weight excluding hydrogens is 442 g/mol. The Morgan fingerprint density at radius 2 is 1.79 bits per heavy atom. The summed E-state index contributed by atoms with van der Waals surface area (Å²) >= 11 is 3.63. The van der Waals surface area contributed by atoms with Gasteiger partial charge in [0.15, 0.2) is 0 Å². The van der Waals surface area contributed by atoms with Gasteiger partial charge >= 0.3 is 5.97 Å². The Morgan fingerprint density at radius 3 is 2.46 bits per heavy atom. The van der Waals surface area contributed by atoms with Gasteiger partial charge in [-0.05, 0) is 43.5 Å².